The van der Waals surface area contributed by atoms with E-state index in [0.29, 0.717) is 5.56 Å². The number of rotatable bonds is 5. The molecule has 23 heavy (non-hydrogen) atoms. The van der Waals surface area contributed by atoms with Gasteiger partial charge in [0.05, 0.1) is 6.04 Å². The fourth-order valence-corrected chi connectivity index (χ4v) is 4.55. The van der Waals surface area contributed by atoms with E-state index < -0.39 is 0 Å². The highest BCUT2D eigenvalue weighted by atomic mass is 32.2. The Kier molecular flexibility index (Phi) is 5.46. The van der Waals surface area contributed by atoms with Gasteiger partial charge in [-0.3, -0.25) is 9.59 Å². The molecule has 1 fully saturated rings. The molecule has 1 atom stereocenters. The van der Waals surface area contributed by atoms with E-state index in [1.807, 2.05) is 40.2 Å². The third-order valence-electron chi connectivity index (χ3n) is 3.85. The van der Waals surface area contributed by atoms with Gasteiger partial charge in [0.2, 0.25) is 5.91 Å². The smallest absolute Gasteiger partial charge is 0.223 e. The van der Waals surface area contributed by atoms with Gasteiger partial charge in [-0.05, 0) is 0 Å². The molecule has 1 aromatic carbocycles. The van der Waals surface area contributed by atoms with Gasteiger partial charge in [0.1, 0.15) is 5.01 Å². The molecule has 1 aliphatic rings. The van der Waals surface area contributed by atoms with E-state index in [-0.39, 0.29) is 30.6 Å². The van der Waals surface area contributed by atoms with Crippen LogP contribution in [0.5, 0.6) is 0 Å². The van der Waals surface area contributed by atoms with Crippen LogP contribution in [0.25, 0.3) is 0 Å². The summed E-state index contributed by atoms with van der Waals surface area (Å²) in [5, 5.41) is 2.93. The molecule has 1 amide bonds. The zero-order chi connectivity index (χ0) is 16.1. The number of Topliss-reactive ketones (excluding diaryl/α,β-unsaturated/α-hetero) is 1. The molecular formula is C17H18N2O2S2. The van der Waals surface area contributed by atoms with Gasteiger partial charge in [-0.1, -0.05) is 30.3 Å². The molecule has 1 saturated heterocycles. The largest absolute Gasteiger partial charge is 0.332 e. The molecule has 0 unspecified atom stereocenters. The van der Waals surface area contributed by atoms with Crippen molar-refractivity contribution >= 4 is 34.8 Å². The Morgan fingerprint density at radius 1 is 1.22 bits per heavy atom. The van der Waals surface area contributed by atoms with Gasteiger partial charge in [0, 0.05) is 48.0 Å². The number of hydrogen-bond donors (Lipinski definition) is 0. The van der Waals surface area contributed by atoms with Gasteiger partial charge in [0.25, 0.3) is 0 Å². The van der Waals surface area contributed by atoms with Crippen molar-refractivity contribution in [3.05, 3.63) is 52.5 Å². The summed E-state index contributed by atoms with van der Waals surface area (Å²) in [7, 11) is 0. The number of carbonyl (C=O) groups excluding carboxylic acids is 2. The number of thioether (sulfide) groups is 1. The van der Waals surface area contributed by atoms with Crippen LogP contribution >= 0.6 is 23.1 Å². The second-order valence-corrected chi connectivity index (χ2v) is 7.41. The fourth-order valence-electron chi connectivity index (χ4n) is 2.64. The van der Waals surface area contributed by atoms with Crippen molar-refractivity contribution in [3.8, 4) is 0 Å². The SMILES string of the molecule is O=C(CCC(=O)N1CCSC[C@@H]1c1nccs1)c1ccccc1. The molecule has 6 heteroatoms. The van der Waals surface area contributed by atoms with E-state index >= 15 is 0 Å². The van der Waals surface area contributed by atoms with Crippen molar-refractivity contribution < 1.29 is 9.59 Å². The molecule has 0 bridgehead atoms. The first-order valence-corrected chi connectivity index (χ1v) is 9.64. The van der Waals surface area contributed by atoms with Crippen molar-refractivity contribution in [2.45, 2.75) is 18.9 Å². The first kappa shape index (κ1) is 16.2. The third kappa shape index (κ3) is 4.00. The molecule has 120 valence electrons. The Morgan fingerprint density at radius 2 is 2.04 bits per heavy atom. The predicted octanol–water partition coefficient (Wildman–Crippen LogP) is 3.42. The van der Waals surface area contributed by atoms with E-state index in [0.717, 1.165) is 23.1 Å². The average molecular weight is 346 g/mol. The molecule has 4 nitrogen and oxygen atoms in total. The molecule has 2 heterocycles. The van der Waals surface area contributed by atoms with E-state index in [1.165, 1.54) is 0 Å². The van der Waals surface area contributed by atoms with Gasteiger partial charge in [-0.25, -0.2) is 4.98 Å². The van der Waals surface area contributed by atoms with Crippen LogP contribution < -0.4 is 0 Å². The van der Waals surface area contributed by atoms with E-state index in [4.69, 9.17) is 0 Å². The highest BCUT2D eigenvalue weighted by Gasteiger charge is 2.29. The summed E-state index contributed by atoms with van der Waals surface area (Å²) in [5.74, 6) is 1.90. The molecule has 1 aromatic heterocycles. The molecule has 0 N–H and O–H groups in total. The Hall–Kier alpha value is -1.66. The van der Waals surface area contributed by atoms with Crippen LogP contribution in [-0.4, -0.2) is 39.6 Å². The standard InChI is InChI=1S/C17H18N2O2S2/c20-15(13-4-2-1-3-5-13)6-7-16(21)19-9-11-22-12-14(19)17-18-8-10-23-17/h1-5,8,10,14H,6-7,9,11-12H2/t14-/m1/s1. The highest BCUT2D eigenvalue weighted by Crippen LogP contribution is 2.31. The minimum Gasteiger partial charge on any atom is -0.332 e. The summed E-state index contributed by atoms with van der Waals surface area (Å²) in [6.07, 6.45) is 2.30. The van der Waals surface area contributed by atoms with Crippen molar-refractivity contribution in [2.24, 2.45) is 0 Å². The summed E-state index contributed by atoms with van der Waals surface area (Å²) in [5.41, 5.74) is 0.672. The van der Waals surface area contributed by atoms with E-state index in [2.05, 4.69) is 4.98 Å². The van der Waals surface area contributed by atoms with Crippen molar-refractivity contribution in [3.63, 3.8) is 0 Å². The van der Waals surface area contributed by atoms with Gasteiger partial charge in [0.15, 0.2) is 5.78 Å². The molecule has 3 rings (SSSR count). The van der Waals surface area contributed by atoms with Gasteiger partial charge in [-0.2, -0.15) is 11.8 Å². The maximum absolute atomic E-state index is 12.6. The third-order valence-corrected chi connectivity index (χ3v) is 5.75. The second-order valence-electron chi connectivity index (χ2n) is 5.34. The lowest BCUT2D eigenvalue weighted by Crippen LogP contribution is -2.40. The van der Waals surface area contributed by atoms with Crippen LogP contribution in [0.4, 0.5) is 0 Å². The Bertz CT molecular complexity index is 658. The summed E-state index contributed by atoms with van der Waals surface area (Å²) in [6, 6.07) is 9.20. The molecule has 0 spiro atoms. The normalized spacial score (nSPS) is 17.9. The van der Waals surface area contributed by atoms with Gasteiger partial charge >= 0.3 is 0 Å². The van der Waals surface area contributed by atoms with Gasteiger partial charge < -0.3 is 4.90 Å². The summed E-state index contributed by atoms with van der Waals surface area (Å²) < 4.78 is 0. The minimum atomic E-state index is 0.0242. The molecular weight excluding hydrogens is 328 g/mol. The maximum atomic E-state index is 12.6. The van der Waals surface area contributed by atoms with Crippen LogP contribution in [0, 0.1) is 0 Å². The number of hydrogen-bond acceptors (Lipinski definition) is 5. The monoisotopic (exact) mass is 346 g/mol. The lowest BCUT2D eigenvalue weighted by atomic mass is 10.1. The molecule has 0 aliphatic carbocycles. The van der Waals surface area contributed by atoms with Crippen LogP contribution in [0.2, 0.25) is 0 Å². The highest BCUT2D eigenvalue weighted by molar-refractivity contribution is 7.99. The van der Waals surface area contributed by atoms with Crippen molar-refractivity contribution in [1.82, 2.24) is 9.88 Å². The lowest BCUT2D eigenvalue weighted by Gasteiger charge is -2.34. The first-order chi connectivity index (χ1) is 11.3. The quantitative estimate of drug-likeness (QED) is 0.779. The molecule has 2 aromatic rings. The van der Waals surface area contributed by atoms with Crippen LogP contribution in [-0.2, 0) is 4.79 Å². The summed E-state index contributed by atoms with van der Waals surface area (Å²) >= 11 is 3.44. The number of nitrogens with zero attached hydrogens (tertiary/aromatic N) is 2. The Morgan fingerprint density at radius 3 is 2.78 bits per heavy atom. The maximum Gasteiger partial charge on any atom is 0.223 e. The van der Waals surface area contributed by atoms with Crippen molar-refractivity contribution in [1.29, 1.82) is 0 Å². The second kappa shape index (κ2) is 7.75. The zero-order valence-corrected chi connectivity index (χ0v) is 14.3. The van der Waals surface area contributed by atoms with E-state index in [9.17, 15) is 9.59 Å². The molecule has 0 radical (unpaired) electrons. The Balaban J connectivity index is 1.61. The first-order valence-electron chi connectivity index (χ1n) is 7.60. The van der Waals surface area contributed by atoms with Crippen LogP contribution in [0.1, 0.15) is 34.2 Å². The minimum absolute atomic E-state index is 0.0242. The topological polar surface area (TPSA) is 50.3 Å². The number of benzene rings is 1. The van der Waals surface area contributed by atoms with Crippen LogP contribution in [0.15, 0.2) is 41.9 Å². The van der Waals surface area contributed by atoms with Crippen molar-refractivity contribution in [2.75, 3.05) is 18.1 Å². The van der Waals surface area contributed by atoms with Crippen LogP contribution in [0.3, 0.4) is 0 Å². The number of ketones is 1. The molecule has 1 aliphatic heterocycles. The van der Waals surface area contributed by atoms with Gasteiger partial charge in [-0.15, -0.1) is 11.3 Å². The number of aromatic nitrogens is 1. The summed E-state index contributed by atoms with van der Waals surface area (Å²) in [6.45, 7) is 0.729. The predicted molar refractivity (Wildman–Crippen MR) is 93.9 cm³/mol. The number of amides is 1. The number of carbonyl (C=O) groups is 2. The zero-order valence-electron chi connectivity index (χ0n) is 12.7. The molecule has 0 saturated carbocycles. The Labute approximate surface area is 143 Å². The average Bonchev–Trinajstić information content (AvgIpc) is 3.14. The number of thiazole rings is 1. The summed E-state index contributed by atoms with van der Waals surface area (Å²) in [4.78, 5) is 31.0. The van der Waals surface area contributed by atoms with E-state index in [1.54, 1.807) is 29.7 Å². The lowest BCUT2D eigenvalue weighted by molar-refractivity contribution is -0.133. The fraction of sp³-hybridized carbons (Fsp3) is 0.353.